The van der Waals surface area contributed by atoms with Gasteiger partial charge in [-0.3, -0.25) is 4.79 Å². The number of thiophene rings is 1. The molecule has 0 radical (unpaired) electrons. The third-order valence-corrected chi connectivity index (χ3v) is 4.77. The number of aromatic nitrogens is 1. The molecule has 22 heavy (non-hydrogen) atoms. The number of nitrogens with zero attached hydrogens (tertiary/aromatic N) is 2. The lowest BCUT2D eigenvalue weighted by atomic mass is 10.1. The van der Waals surface area contributed by atoms with Crippen LogP contribution in [-0.2, 0) is 11.3 Å². The van der Waals surface area contributed by atoms with Crippen LogP contribution in [0.15, 0.2) is 22.0 Å². The van der Waals surface area contributed by atoms with Crippen molar-refractivity contribution in [2.45, 2.75) is 39.3 Å². The molecule has 0 spiro atoms. The first-order valence-electron chi connectivity index (χ1n) is 7.51. The minimum atomic E-state index is -0.0276. The van der Waals surface area contributed by atoms with Crippen LogP contribution >= 0.6 is 11.3 Å². The summed E-state index contributed by atoms with van der Waals surface area (Å²) >= 11 is 1.66. The Labute approximate surface area is 133 Å². The number of rotatable bonds is 5. The van der Waals surface area contributed by atoms with E-state index < -0.39 is 0 Å². The Morgan fingerprint density at radius 3 is 2.95 bits per heavy atom. The first-order valence-corrected chi connectivity index (χ1v) is 8.39. The molecule has 0 aliphatic carbocycles. The highest BCUT2D eigenvalue weighted by Gasteiger charge is 2.27. The van der Waals surface area contributed by atoms with E-state index in [0.29, 0.717) is 30.1 Å². The highest BCUT2D eigenvalue weighted by atomic mass is 32.1. The van der Waals surface area contributed by atoms with E-state index in [9.17, 15) is 4.79 Å². The highest BCUT2D eigenvalue weighted by Crippen LogP contribution is 2.21. The molecular formula is C16H20N2O3S. The smallest absolute Gasteiger partial charge is 0.259 e. The monoisotopic (exact) mass is 320 g/mol. The second-order valence-electron chi connectivity index (χ2n) is 5.60. The fourth-order valence-corrected chi connectivity index (χ4v) is 3.51. The molecule has 2 aromatic rings. The van der Waals surface area contributed by atoms with Crippen LogP contribution < -0.4 is 0 Å². The van der Waals surface area contributed by atoms with Gasteiger partial charge in [0.05, 0.1) is 18.3 Å². The lowest BCUT2D eigenvalue weighted by molar-refractivity contribution is 0.0508. The maximum absolute atomic E-state index is 12.9. The molecule has 1 atom stereocenters. The molecule has 1 amide bonds. The van der Waals surface area contributed by atoms with Gasteiger partial charge in [-0.15, -0.1) is 11.3 Å². The van der Waals surface area contributed by atoms with Gasteiger partial charge in [0.25, 0.3) is 5.91 Å². The Bertz CT molecular complexity index is 610. The van der Waals surface area contributed by atoms with Crippen molar-refractivity contribution in [1.29, 1.82) is 0 Å². The Hall–Kier alpha value is -1.66. The molecule has 3 rings (SSSR count). The van der Waals surface area contributed by atoms with E-state index in [0.717, 1.165) is 24.3 Å². The summed E-state index contributed by atoms with van der Waals surface area (Å²) in [4.78, 5) is 16.0. The molecular weight excluding hydrogens is 300 g/mol. The van der Waals surface area contributed by atoms with Crippen molar-refractivity contribution in [3.05, 3.63) is 39.4 Å². The number of hydrogen-bond donors (Lipinski definition) is 0. The van der Waals surface area contributed by atoms with E-state index in [1.165, 1.54) is 0 Å². The summed E-state index contributed by atoms with van der Waals surface area (Å²) in [5, 5.41) is 5.93. The summed E-state index contributed by atoms with van der Waals surface area (Å²) < 4.78 is 10.8. The van der Waals surface area contributed by atoms with Gasteiger partial charge in [-0.1, -0.05) is 11.2 Å². The van der Waals surface area contributed by atoms with Gasteiger partial charge in [-0.25, -0.2) is 0 Å². The first-order chi connectivity index (χ1) is 10.6. The molecule has 2 aromatic heterocycles. The van der Waals surface area contributed by atoms with Crippen LogP contribution in [0.5, 0.6) is 0 Å². The van der Waals surface area contributed by atoms with Crippen LogP contribution in [0.3, 0.4) is 0 Å². The summed E-state index contributed by atoms with van der Waals surface area (Å²) in [6, 6.07) is 4.05. The molecule has 118 valence electrons. The quantitative estimate of drug-likeness (QED) is 0.849. The maximum Gasteiger partial charge on any atom is 0.259 e. The van der Waals surface area contributed by atoms with Crippen LogP contribution in [0, 0.1) is 13.8 Å². The van der Waals surface area contributed by atoms with Crippen molar-refractivity contribution in [2.24, 2.45) is 0 Å². The third-order valence-electron chi connectivity index (χ3n) is 3.91. The van der Waals surface area contributed by atoms with Gasteiger partial charge in [0.1, 0.15) is 11.3 Å². The molecule has 6 heteroatoms. The molecule has 1 unspecified atom stereocenters. The van der Waals surface area contributed by atoms with Crippen LogP contribution in [0.4, 0.5) is 0 Å². The maximum atomic E-state index is 12.9. The predicted molar refractivity (Wildman–Crippen MR) is 84.0 cm³/mol. The molecule has 0 N–H and O–H groups in total. The number of amides is 1. The highest BCUT2D eigenvalue weighted by molar-refractivity contribution is 7.09. The number of carbonyl (C=O) groups is 1. The van der Waals surface area contributed by atoms with Crippen molar-refractivity contribution in [3.63, 3.8) is 0 Å². The lowest BCUT2D eigenvalue weighted by Gasteiger charge is -2.25. The van der Waals surface area contributed by atoms with Gasteiger partial charge < -0.3 is 14.2 Å². The zero-order chi connectivity index (χ0) is 15.5. The Morgan fingerprint density at radius 1 is 1.50 bits per heavy atom. The molecule has 1 saturated heterocycles. The zero-order valence-electron chi connectivity index (χ0n) is 12.9. The summed E-state index contributed by atoms with van der Waals surface area (Å²) in [6.45, 7) is 5.58. The SMILES string of the molecule is Cc1noc(C)c1C(=O)N(Cc1cccs1)CC1CCCO1. The zero-order valence-corrected chi connectivity index (χ0v) is 13.7. The number of hydrogen-bond acceptors (Lipinski definition) is 5. The largest absolute Gasteiger partial charge is 0.376 e. The number of aryl methyl sites for hydroxylation is 2. The van der Waals surface area contributed by atoms with Crippen molar-refractivity contribution in [3.8, 4) is 0 Å². The van der Waals surface area contributed by atoms with Gasteiger partial charge >= 0.3 is 0 Å². The second kappa shape index (κ2) is 6.62. The fraction of sp³-hybridized carbons (Fsp3) is 0.500. The fourth-order valence-electron chi connectivity index (χ4n) is 2.79. The summed E-state index contributed by atoms with van der Waals surface area (Å²) in [7, 11) is 0. The van der Waals surface area contributed by atoms with Gasteiger partial charge in [0.15, 0.2) is 0 Å². The van der Waals surface area contributed by atoms with Crippen LogP contribution in [0.25, 0.3) is 0 Å². The van der Waals surface area contributed by atoms with E-state index in [1.807, 2.05) is 22.4 Å². The van der Waals surface area contributed by atoms with Gasteiger partial charge in [-0.05, 0) is 38.1 Å². The van der Waals surface area contributed by atoms with E-state index in [-0.39, 0.29) is 12.0 Å². The van der Waals surface area contributed by atoms with Crippen LogP contribution in [0.2, 0.25) is 0 Å². The Morgan fingerprint density at radius 2 is 2.36 bits per heavy atom. The van der Waals surface area contributed by atoms with E-state index in [4.69, 9.17) is 9.26 Å². The summed E-state index contributed by atoms with van der Waals surface area (Å²) in [5.74, 6) is 0.547. The number of carbonyl (C=O) groups excluding carboxylic acids is 1. The van der Waals surface area contributed by atoms with E-state index in [1.54, 1.807) is 25.2 Å². The molecule has 5 nitrogen and oxygen atoms in total. The van der Waals surface area contributed by atoms with Crippen molar-refractivity contribution in [1.82, 2.24) is 10.1 Å². The Kier molecular flexibility index (Phi) is 4.59. The molecule has 1 aliphatic rings. The molecule has 1 aliphatic heterocycles. The van der Waals surface area contributed by atoms with E-state index >= 15 is 0 Å². The van der Waals surface area contributed by atoms with E-state index in [2.05, 4.69) is 5.16 Å². The average Bonchev–Trinajstić information content (AvgIpc) is 3.22. The normalized spacial score (nSPS) is 17.8. The predicted octanol–water partition coefficient (Wildman–Crippen LogP) is 3.17. The van der Waals surface area contributed by atoms with Crippen LogP contribution in [0.1, 0.15) is 39.5 Å². The van der Waals surface area contributed by atoms with Crippen molar-refractivity contribution >= 4 is 17.2 Å². The van der Waals surface area contributed by atoms with Crippen LogP contribution in [-0.4, -0.2) is 35.2 Å². The first kappa shape index (κ1) is 15.2. The molecule has 0 aromatic carbocycles. The molecule has 0 bridgehead atoms. The Balaban J connectivity index is 1.81. The van der Waals surface area contributed by atoms with Gasteiger partial charge in [0.2, 0.25) is 0 Å². The summed E-state index contributed by atoms with van der Waals surface area (Å²) in [5.41, 5.74) is 1.22. The topological polar surface area (TPSA) is 55.6 Å². The number of ether oxygens (including phenoxy) is 1. The van der Waals surface area contributed by atoms with Crippen molar-refractivity contribution in [2.75, 3.05) is 13.2 Å². The molecule has 0 saturated carbocycles. The minimum Gasteiger partial charge on any atom is -0.376 e. The summed E-state index contributed by atoms with van der Waals surface area (Å²) in [6.07, 6.45) is 2.21. The van der Waals surface area contributed by atoms with Gasteiger partial charge in [-0.2, -0.15) is 0 Å². The van der Waals surface area contributed by atoms with Crippen molar-refractivity contribution < 1.29 is 14.1 Å². The minimum absolute atomic E-state index is 0.0276. The molecule has 3 heterocycles. The lowest BCUT2D eigenvalue weighted by Crippen LogP contribution is -2.37. The average molecular weight is 320 g/mol. The van der Waals surface area contributed by atoms with Gasteiger partial charge in [0, 0.05) is 18.0 Å². The molecule has 1 fully saturated rings. The second-order valence-corrected chi connectivity index (χ2v) is 6.63. The standard InChI is InChI=1S/C16H20N2O3S/c1-11-15(12(2)21-17-11)16(19)18(9-13-5-3-7-20-13)10-14-6-4-8-22-14/h4,6,8,13H,3,5,7,9-10H2,1-2H3. The third kappa shape index (κ3) is 3.23.